The van der Waals surface area contributed by atoms with Crippen molar-refractivity contribution in [3.8, 4) is 11.1 Å². The Labute approximate surface area is 234 Å². The number of fused-ring (bicyclic) bond motifs is 9. The largest absolute Gasteiger partial charge is 0.456 e. The summed E-state index contributed by atoms with van der Waals surface area (Å²) < 4.78 is 12.5. The Morgan fingerprint density at radius 2 is 1.20 bits per heavy atom. The van der Waals surface area contributed by atoms with Crippen molar-refractivity contribution in [1.29, 1.82) is 0 Å². The van der Waals surface area contributed by atoms with E-state index in [1.165, 1.54) is 37.9 Å². The first-order chi connectivity index (χ1) is 19.2. The number of aliphatic hydroxyl groups is 1. The standard InChI is InChI=1S/C36H31BO3/c1-35(2,38)36(3,4)40-37-23-17-19-30-33(21-23)39-32-15-9-14-24(34(30)32)22-16-18-29-27-12-6-5-10-25(27)26-11-7-8-13-28(26)31(29)20-22/h5-21,37-38H,1-4H3. The molecule has 196 valence electrons. The van der Waals surface area contributed by atoms with Crippen molar-refractivity contribution in [2.24, 2.45) is 0 Å². The summed E-state index contributed by atoms with van der Waals surface area (Å²) in [5.74, 6) is 0. The van der Waals surface area contributed by atoms with E-state index in [2.05, 4.69) is 97.1 Å². The molecule has 0 atom stereocenters. The molecule has 0 saturated heterocycles. The van der Waals surface area contributed by atoms with Crippen molar-refractivity contribution < 1.29 is 14.2 Å². The number of hydrogen-bond acceptors (Lipinski definition) is 3. The SMILES string of the molecule is CC(C)(O)C(C)(C)OBc1ccc2c(c1)oc1cccc(-c3ccc4c5ccccc5c5ccccc5c4c3)c12. The zero-order valence-electron chi connectivity index (χ0n) is 23.3. The van der Waals surface area contributed by atoms with Gasteiger partial charge in [-0.3, -0.25) is 0 Å². The fourth-order valence-electron chi connectivity index (χ4n) is 5.72. The van der Waals surface area contributed by atoms with Gasteiger partial charge in [0.25, 0.3) is 0 Å². The van der Waals surface area contributed by atoms with Crippen LogP contribution in [0.4, 0.5) is 0 Å². The van der Waals surface area contributed by atoms with Gasteiger partial charge in [-0.25, -0.2) is 0 Å². The highest BCUT2D eigenvalue weighted by atomic mass is 16.5. The molecule has 1 aromatic heterocycles. The molecule has 0 fully saturated rings. The van der Waals surface area contributed by atoms with Gasteiger partial charge in [-0.05, 0) is 94.8 Å². The third-order valence-electron chi connectivity index (χ3n) is 8.69. The second kappa shape index (κ2) is 8.95. The summed E-state index contributed by atoms with van der Waals surface area (Å²) in [4.78, 5) is 0. The molecule has 0 aliphatic carbocycles. The Hall–Kier alpha value is -4.12. The average Bonchev–Trinajstić information content (AvgIpc) is 3.33. The summed E-state index contributed by atoms with van der Waals surface area (Å²) in [5.41, 5.74) is 3.39. The fraction of sp³-hybridized carbons (Fsp3) is 0.167. The number of furan rings is 1. The first kappa shape index (κ1) is 24.9. The number of rotatable bonds is 5. The van der Waals surface area contributed by atoms with Crippen molar-refractivity contribution in [3.63, 3.8) is 0 Å². The highest BCUT2D eigenvalue weighted by Gasteiger charge is 2.35. The monoisotopic (exact) mass is 522 g/mol. The van der Waals surface area contributed by atoms with Crippen LogP contribution >= 0.6 is 0 Å². The fourth-order valence-corrected chi connectivity index (χ4v) is 5.72. The molecule has 7 rings (SSSR count). The van der Waals surface area contributed by atoms with Crippen LogP contribution in [0.2, 0.25) is 0 Å². The molecule has 3 nitrogen and oxygen atoms in total. The minimum absolute atomic E-state index is 0.391. The van der Waals surface area contributed by atoms with Crippen LogP contribution in [-0.2, 0) is 4.65 Å². The molecule has 7 aromatic rings. The summed E-state index contributed by atoms with van der Waals surface area (Å²) in [6.07, 6.45) is 0. The van der Waals surface area contributed by atoms with Crippen LogP contribution < -0.4 is 5.46 Å². The highest BCUT2D eigenvalue weighted by molar-refractivity contribution is 6.47. The molecule has 0 saturated carbocycles. The molecule has 0 bridgehead atoms. The minimum atomic E-state index is -0.956. The summed E-state index contributed by atoms with van der Waals surface area (Å²) in [6, 6.07) is 36.8. The first-order valence-corrected chi connectivity index (χ1v) is 13.9. The molecule has 0 aliphatic heterocycles. The molecule has 0 radical (unpaired) electrons. The van der Waals surface area contributed by atoms with Gasteiger partial charge in [0.2, 0.25) is 0 Å². The number of benzene rings is 6. The molecule has 6 aromatic carbocycles. The summed E-state index contributed by atoms with van der Waals surface area (Å²) >= 11 is 0. The minimum Gasteiger partial charge on any atom is -0.456 e. The lowest BCUT2D eigenvalue weighted by molar-refractivity contribution is -0.0893. The van der Waals surface area contributed by atoms with Gasteiger partial charge in [0, 0.05) is 10.8 Å². The molecule has 0 unspecified atom stereocenters. The molecule has 4 heteroatoms. The van der Waals surface area contributed by atoms with E-state index in [-0.39, 0.29) is 0 Å². The summed E-state index contributed by atoms with van der Waals surface area (Å²) in [5, 5.41) is 20.3. The molecule has 0 spiro atoms. The topological polar surface area (TPSA) is 42.6 Å². The van der Waals surface area contributed by atoms with Gasteiger partial charge >= 0.3 is 7.48 Å². The Balaban J connectivity index is 1.37. The second-order valence-electron chi connectivity index (χ2n) is 11.8. The predicted molar refractivity (Wildman–Crippen MR) is 170 cm³/mol. The van der Waals surface area contributed by atoms with Crippen molar-refractivity contribution in [2.45, 2.75) is 38.9 Å². The van der Waals surface area contributed by atoms with Gasteiger partial charge in [0.1, 0.15) is 11.2 Å². The Bertz CT molecular complexity index is 2040. The quantitative estimate of drug-likeness (QED) is 0.183. The van der Waals surface area contributed by atoms with Crippen LogP contribution in [0.3, 0.4) is 0 Å². The number of hydrogen-bond donors (Lipinski definition) is 1. The highest BCUT2D eigenvalue weighted by Crippen LogP contribution is 2.40. The molecule has 0 aliphatic rings. The van der Waals surface area contributed by atoms with Crippen LogP contribution in [0.5, 0.6) is 0 Å². The third-order valence-corrected chi connectivity index (χ3v) is 8.69. The van der Waals surface area contributed by atoms with E-state index in [0.717, 1.165) is 33.0 Å². The molecular weight excluding hydrogens is 491 g/mol. The average molecular weight is 522 g/mol. The lowest BCUT2D eigenvalue weighted by Gasteiger charge is -2.37. The zero-order chi connectivity index (χ0) is 27.6. The van der Waals surface area contributed by atoms with Crippen LogP contribution in [-0.4, -0.2) is 23.8 Å². The van der Waals surface area contributed by atoms with Gasteiger partial charge in [0.05, 0.1) is 11.2 Å². The molecule has 1 N–H and O–H groups in total. The molecular formula is C36H31BO3. The van der Waals surface area contributed by atoms with Crippen molar-refractivity contribution >= 4 is 67.2 Å². The first-order valence-electron chi connectivity index (χ1n) is 13.9. The molecule has 0 amide bonds. The van der Waals surface area contributed by atoms with Crippen molar-refractivity contribution in [1.82, 2.24) is 0 Å². The maximum atomic E-state index is 10.5. The maximum absolute atomic E-state index is 10.5. The van der Waals surface area contributed by atoms with Crippen LogP contribution in [0.1, 0.15) is 27.7 Å². The van der Waals surface area contributed by atoms with Crippen molar-refractivity contribution in [2.75, 3.05) is 0 Å². The summed E-state index contributed by atoms with van der Waals surface area (Å²) in [6.45, 7) is 7.37. The second-order valence-corrected chi connectivity index (χ2v) is 11.8. The van der Waals surface area contributed by atoms with E-state index >= 15 is 0 Å². The van der Waals surface area contributed by atoms with Gasteiger partial charge in [0.15, 0.2) is 0 Å². The molecule has 1 heterocycles. The van der Waals surface area contributed by atoms with Crippen molar-refractivity contribution in [3.05, 3.63) is 103 Å². The maximum Gasteiger partial charge on any atom is 0.309 e. The van der Waals surface area contributed by atoms with E-state index in [1.807, 2.05) is 19.9 Å². The summed E-state index contributed by atoms with van der Waals surface area (Å²) in [7, 11) is 0.391. The smallest absolute Gasteiger partial charge is 0.309 e. The Morgan fingerprint density at radius 3 is 1.85 bits per heavy atom. The lowest BCUT2D eigenvalue weighted by Crippen LogP contribution is -2.49. The van der Waals surface area contributed by atoms with E-state index in [1.54, 1.807) is 13.8 Å². The van der Waals surface area contributed by atoms with Gasteiger partial charge < -0.3 is 14.2 Å². The predicted octanol–water partition coefficient (Wildman–Crippen LogP) is 8.26. The van der Waals surface area contributed by atoms with Crippen LogP contribution in [0, 0.1) is 0 Å². The van der Waals surface area contributed by atoms with E-state index in [9.17, 15) is 5.11 Å². The van der Waals surface area contributed by atoms with E-state index in [0.29, 0.717) is 7.48 Å². The molecule has 40 heavy (non-hydrogen) atoms. The van der Waals surface area contributed by atoms with E-state index in [4.69, 9.17) is 9.07 Å². The van der Waals surface area contributed by atoms with Crippen LogP contribution in [0.25, 0.3) is 65.4 Å². The Morgan fingerprint density at radius 1 is 0.600 bits per heavy atom. The van der Waals surface area contributed by atoms with Crippen LogP contribution in [0.15, 0.2) is 108 Å². The third kappa shape index (κ3) is 3.90. The van der Waals surface area contributed by atoms with E-state index < -0.39 is 11.2 Å². The van der Waals surface area contributed by atoms with Gasteiger partial charge in [-0.1, -0.05) is 84.9 Å². The lowest BCUT2D eigenvalue weighted by atomic mass is 9.82. The normalized spacial score (nSPS) is 12.7. The van der Waals surface area contributed by atoms with Gasteiger partial charge in [-0.2, -0.15) is 0 Å². The zero-order valence-corrected chi connectivity index (χ0v) is 23.3. The van der Waals surface area contributed by atoms with Gasteiger partial charge in [-0.15, -0.1) is 0 Å². The Kier molecular flexibility index (Phi) is 5.57.